The van der Waals surface area contributed by atoms with E-state index in [-0.39, 0.29) is 11.9 Å². The summed E-state index contributed by atoms with van der Waals surface area (Å²) in [5, 5.41) is 16.4. The molecule has 0 saturated carbocycles. The molecule has 4 aliphatic heterocycles. The fourth-order valence-electron chi connectivity index (χ4n) is 6.28. The lowest BCUT2D eigenvalue weighted by molar-refractivity contribution is -0.144. The fourth-order valence-corrected chi connectivity index (χ4v) is 6.28. The second kappa shape index (κ2) is 8.93. The molecule has 0 radical (unpaired) electrons. The summed E-state index contributed by atoms with van der Waals surface area (Å²) in [6.45, 7) is 2.16. The van der Waals surface area contributed by atoms with Crippen molar-refractivity contribution >= 4 is 35.6 Å². The number of piperidine rings is 1. The van der Waals surface area contributed by atoms with Crippen LogP contribution < -0.4 is 15.5 Å². The van der Waals surface area contributed by atoms with Crippen LogP contribution in [0.25, 0.3) is 0 Å². The highest BCUT2D eigenvalue weighted by molar-refractivity contribution is 6.12. The van der Waals surface area contributed by atoms with E-state index in [0.717, 1.165) is 37.9 Å². The Bertz CT molecular complexity index is 1260. The van der Waals surface area contributed by atoms with E-state index in [1.54, 1.807) is 24.3 Å². The molecule has 3 saturated heterocycles. The van der Waals surface area contributed by atoms with E-state index in [1.807, 2.05) is 29.3 Å². The summed E-state index contributed by atoms with van der Waals surface area (Å²) >= 11 is 0. The summed E-state index contributed by atoms with van der Waals surface area (Å²) in [5.74, 6) is -1.15. The smallest absolute Gasteiger partial charge is 0.330 e. The molecule has 0 spiro atoms. The molecule has 2 aromatic rings. The van der Waals surface area contributed by atoms with E-state index in [0.29, 0.717) is 23.5 Å². The number of carbonyl (C=O) groups is 3. The molecule has 5 heterocycles. The topological polar surface area (TPSA) is 130 Å². The first-order chi connectivity index (χ1) is 17.8. The SMILES string of the molecule is CC(=O)Nc1ccccc1N1C(=O)NC(=O)C2(O)N=CN(C3CC4CCC(C3)N4Cc3ccccn3)C12. The molecule has 1 aromatic heterocycles. The van der Waals surface area contributed by atoms with Gasteiger partial charge in [-0.05, 0) is 49.9 Å². The maximum Gasteiger partial charge on any atom is 0.330 e. The van der Waals surface area contributed by atoms with E-state index in [9.17, 15) is 19.5 Å². The van der Waals surface area contributed by atoms with Crippen LogP contribution in [0.15, 0.2) is 53.7 Å². The number of para-hydroxylation sites is 2. The zero-order valence-electron chi connectivity index (χ0n) is 20.4. The molecule has 11 heteroatoms. The second-order valence-electron chi connectivity index (χ2n) is 10.1. The van der Waals surface area contributed by atoms with Crippen molar-refractivity contribution in [2.45, 2.75) is 69.2 Å². The lowest BCUT2D eigenvalue weighted by Gasteiger charge is -2.49. The van der Waals surface area contributed by atoms with Gasteiger partial charge in [0.1, 0.15) is 0 Å². The van der Waals surface area contributed by atoms with Crippen molar-refractivity contribution in [3.8, 4) is 0 Å². The number of amides is 4. The van der Waals surface area contributed by atoms with E-state index < -0.39 is 23.8 Å². The van der Waals surface area contributed by atoms with Gasteiger partial charge in [0.05, 0.1) is 23.4 Å². The van der Waals surface area contributed by atoms with E-state index >= 15 is 0 Å². The number of urea groups is 1. The van der Waals surface area contributed by atoms with Gasteiger partial charge in [0.25, 0.3) is 11.6 Å². The molecule has 37 heavy (non-hydrogen) atoms. The van der Waals surface area contributed by atoms with Gasteiger partial charge in [-0.2, -0.15) is 0 Å². The third-order valence-corrected chi connectivity index (χ3v) is 7.87. The number of rotatable bonds is 5. The number of benzene rings is 1. The van der Waals surface area contributed by atoms with Crippen molar-refractivity contribution in [2.24, 2.45) is 4.99 Å². The van der Waals surface area contributed by atoms with Crippen molar-refractivity contribution in [3.05, 3.63) is 54.4 Å². The Kier molecular flexibility index (Phi) is 5.68. The zero-order chi connectivity index (χ0) is 25.7. The Balaban J connectivity index is 1.31. The molecular formula is C26H29N7O4. The van der Waals surface area contributed by atoms with Gasteiger partial charge >= 0.3 is 6.03 Å². The normalized spacial score (nSPS) is 30.9. The lowest BCUT2D eigenvalue weighted by atomic mass is 9.94. The van der Waals surface area contributed by atoms with Gasteiger partial charge in [0, 0.05) is 37.8 Å². The summed E-state index contributed by atoms with van der Waals surface area (Å²) in [6, 6.07) is 12.7. The van der Waals surface area contributed by atoms with Gasteiger partial charge in [0.2, 0.25) is 5.91 Å². The highest BCUT2D eigenvalue weighted by Crippen LogP contribution is 2.43. The highest BCUT2D eigenvalue weighted by atomic mass is 16.3. The van der Waals surface area contributed by atoms with Crippen LogP contribution in [0.4, 0.5) is 16.2 Å². The number of pyridine rings is 1. The number of fused-ring (bicyclic) bond motifs is 3. The molecule has 1 aromatic carbocycles. The third-order valence-electron chi connectivity index (χ3n) is 7.87. The van der Waals surface area contributed by atoms with Gasteiger partial charge in [-0.3, -0.25) is 29.7 Å². The predicted octanol–water partition coefficient (Wildman–Crippen LogP) is 1.65. The summed E-state index contributed by atoms with van der Waals surface area (Å²) in [6.07, 6.45) is 5.97. The molecule has 11 nitrogen and oxygen atoms in total. The number of hydrogen-bond donors (Lipinski definition) is 3. The molecule has 3 N–H and O–H groups in total. The van der Waals surface area contributed by atoms with Crippen LogP contribution in [0, 0.1) is 0 Å². The Hall–Kier alpha value is -3.83. The van der Waals surface area contributed by atoms with Gasteiger partial charge in [-0.15, -0.1) is 0 Å². The molecule has 4 atom stereocenters. The van der Waals surface area contributed by atoms with Crippen LogP contribution in [0.2, 0.25) is 0 Å². The number of imide groups is 1. The molecule has 192 valence electrons. The van der Waals surface area contributed by atoms with E-state index in [1.165, 1.54) is 18.2 Å². The molecule has 6 rings (SSSR count). The van der Waals surface area contributed by atoms with E-state index in [2.05, 4.69) is 25.5 Å². The van der Waals surface area contributed by atoms with Crippen molar-refractivity contribution in [3.63, 3.8) is 0 Å². The Morgan fingerprint density at radius 3 is 2.54 bits per heavy atom. The maximum absolute atomic E-state index is 13.2. The van der Waals surface area contributed by atoms with Gasteiger partial charge in [-0.1, -0.05) is 18.2 Å². The van der Waals surface area contributed by atoms with Gasteiger partial charge < -0.3 is 15.3 Å². The van der Waals surface area contributed by atoms with Crippen LogP contribution in [0.1, 0.15) is 38.3 Å². The van der Waals surface area contributed by atoms with Crippen LogP contribution in [-0.2, 0) is 16.1 Å². The summed E-state index contributed by atoms with van der Waals surface area (Å²) in [7, 11) is 0. The second-order valence-corrected chi connectivity index (χ2v) is 10.1. The minimum atomic E-state index is -2.17. The number of nitrogens with one attached hydrogen (secondary N) is 2. The van der Waals surface area contributed by atoms with E-state index in [4.69, 9.17) is 0 Å². The molecule has 0 aliphatic carbocycles. The summed E-state index contributed by atoms with van der Waals surface area (Å²) in [4.78, 5) is 52.3. The van der Waals surface area contributed by atoms with Crippen molar-refractivity contribution in [2.75, 3.05) is 10.2 Å². The molecular weight excluding hydrogens is 474 g/mol. The average molecular weight is 504 g/mol. The number of aliphatic imine (C=N–C) groups is 1. The average Bonchev–Trinajstić information content (AvgIpc) is 3.33. The zero-order valence-corrected chi connectivity index (χ0v) is 20.4. The van der Waals surface area contributed by atoms with Crippen LogP contribution in [-0.4, -0.2) is 74.1 Å². The summed E-state index contributed by atoms with van der Waals surface area (Å²) in [5.41, 5.74) is -0.358. The number of nitrogens with zero attached hydrogens (tertiary/aromatic N) is 5. The number of anilines is 2. The number of aliphatic hydroxyl groups is 1. The fraction of sp³-hybridized carbons (Fsp3) is 0.423. The molecule has 3 fully saturated rings. The van der Waals surface area contributed by atoms with Crippen LogP contribution >= 0.6 is 0 Å². The molecule has 2 bridgehead atoms. The van der Waals surface area contributed by atoms with Crippen LogP contribution in [0.3, 0.4) is 0 Å². The monoisotopic (exact) mass is 503 g/mol. The Labute approximate surface area is 214 Å². The summed E-state index contributed by atoms with van der Waals surface area (Å²) < 4.78 is 0. The quantitative estimate of drug-likeness (QED) is 0.566. The first-order valence-corrected chi connectivity index (χ1v) is 12.6. The highest BCUT2D eigenvalue weighted by Gasteiger charge is 2.61. The number of carbonyl (C=O) groups excluding carboxylic acids is 3. The first-order valence-electron chi connectivity index (χ1n) is 12.6. The number of aromatic nitrogens is 1. The largest absolute Gasteiger partial charge is 0.359 e. The lowest BCUT2D eigenvalue weighted by Crippen LogP contribution is -2.73. The molecule has 4 unspecified atom stereocenters. The minimum Gasteiger partial charge on any atom is -0.359 e. The van der Waals surface area contributed by atoms with Crippen molar-refractivity contribution in [1.82, 2.24) is 20.1 Å². The van der Waals surface area contributed by atoms with Crippen molar-refractivity contribution in [1.29, 1.82) is 0 Å². The van der Waals surface area contributed by atoms with Gasteiger partial charge in [0.15, 0.2) is 6.17 Å². The van der Waals surface area contributed by atoms with Crippen LogP contribution in [0.5, 0.6) is 0 Å². The third kappa shape index (κ3) is 3.94. The van der Waals surface area contributed by atoms with Crippen molar-refractivity contribution < 1.29 is 19.5 Å². The predicted molar refractivity (Wildman–Crippen MR) is 135 cm³/mol. The standard InChI is InChI=1S/C26H29N7O4/c1-16(34)29-21-7-2-3-8-22(21)33-24-26(37,23(35)30-25(33)36)28-15-32(24)20-12-18-9-10-19(13-20)31(18)14-17-6-4-5-11-27-17/h2-8,11,15,18-20,24,37H,9-10,12-14H2,1H3,(H,29,34)(H,30,35,36). The minimum absolute atomic E-state index is 0.0330. The molecule has 4 aliphatic rings. The Morgan fingerprint density at radius 2 is 1.84 bits per heavy atom. The number of hydrogen-bond acceptors (Lipinski definition) is 8. The molecule has 4 amide bonds. The first kappa shape index (κ1) is 23.6. The maximum atomic E-state index is 13.2. The Morgan fingerprint density at radius 1 is 1.11 bits per heavy atom. The van der Waals surface area contributed by atoms with Gasteiger partial charge in [-0.25, -0.2) is 9.79 Å².